The Bertz CT molecular complexity index is 933. The molecule has 1 aromatic heterocycles. The average molecular weight is 406 g/mol. The molecule has 156 valence electrons. The molecular weight excluding hydrogens is 378 g/mol. The molecule has 2 N–H and O–H groups in total. The molecule has 1 aliphatic rings. The number of nitriles is 1. The Labute approximate surface area is 177 Å². The third-order valence-corrected chi connectivity index (χ3v) is 5.06. The molecule has 1 aromatic carbocycles. The van der Waals surface area contributed by atoms with E-state index in [-0.39, 0.29) is 17.7 Å². The molecule has 0 saturated carbocycles. The highest BCUT2D eigenvalue weighted by Gasteiger charge is 2.26. The largest absolute Gasteiger partial charge is 0.356 e. The number of nitrogens with one attached hydrogen (secondary N) is 2. The third kappa shape index (κ3) is 5.57. The number of nitrogens with zero attached hydrogens (tertiary/aromatic N) is 3. The van der Waals surface area contributed by atoms with Gasteiger partial charge in [0.05, 0.1) is 29.4 Å². The molecule has 0 radical (unpaired) electrons. The monoisotopic (exact) mass is 405 g/mol. The summed E-state index contributed by atoms with van der Waals surface area (Å²) in [5.74, 6) is 1.01. The van der Waals surface area contributed by atoms with E-state index in [9.17, 15) is 9.59 Å². The molecule has 1 aliphatic heterocycles. The number of hydrogen-bond acceptors (Lipinski definition) is 5. The topological polar surface area (TPSA) is 98.1 Å². The maximum Gasteiger partial charge on any atom is 0.255 e. The zero-order valence-electron chi connectivity index (χ0n) is 17.4. The average Bonchev–Trinajstić information content (AvgIpc) is 2.78. The smallest absolute Gasteiger partial charge is 0.255 e. The maximum absolute atomic E-state index is 12.4. The Hall–Kier alpha value is -3.40. The SMILES string of the molecule is CC(C)CNC(=O)C1CCCN(c2ccc(NC(=O)c3cccc(C#N)c3)cn2)C1. The molecule has 30 heavy (non-hydrogen) atoms. The van der Waals surface area contributed by atoms with Gasteiger partial charge in [-0.15, -0.1) is 0 Å². The van der Waals surface area contributed by atoms with E-state index in [2.05, 4.69) is 34.4 Å². The van der Waals surface area contributed by atoms with Crippen LogP contribution >= 0.6 is 0 Å². The fourth-order valence-electron chi connectivity index (χ4n) is 3.43. The first-order valence-corrected chi connectivity index (χ1v) is 10.3. The van der Waals surface area contributed by atoms with Crippen molar-refractivity contribution < 1.29 is 9.59 Å². The minimum atomic E-state index is -0.290. The van der Waals surface area contributed by atoms with E-state index >= 15 is 0 Å². The Morgan fingerprint density at radius 1 is 1.30 bits per heavy atom. The van der Waals surface area contributed by atoms with Crippen molar-refractivity contribution in [1.82, 2.24) is 10.3 Å². The summed E-state index contributed by atoms with van der Waals surface area (Å²) < 4.78 is 0. The van der Waals surface area contributed by atoms with Crippen LogP contribution in [0, 0.1) is 23.2 Å². The van der Waals surface area contributed by atoms with E-state index in [0.29, 0.717) is 35.8 Å². The summed E-state index contributed by atoms with van der Waals surface area (Å²) >= 11 is 0. The quantitative estimate of drug-likeness (QED) is 0.769. The summed E-state index contributed by atoms with van der Waals surface area (Å²) in [4.78, 5) is 31.4. The number of pyridine rings is 1. The number of aromatic nitrogens is 1. The molecule has 0 bridgehead atoms. The van der Waals surface area contributed by atoms with Gasteiger partial charge in [-0.3, -0.25) is 9.59 Å². The highest BCUT2D eigenvalue weighted by molar-refractivity contribution is 6.04. The normalized spacial score (nSPS) is 16.1. The van der Waals surface area contributed by atoms with Crippen LogP contribution in [0.25, 0.3) is 0 Å². The number of rotatable bonds is 6. The standard InChI is InChI=1S/C23H27N5O2/c1-16(2)13-26-22(29)19-7-4-10-28(15-19)21-9-8-20(14-25-21)27-23(30)18-6-3-5-17(11-18)12-24/h3,5-6,8-9,11,14,16,19H,4,7,10,13,15H2,1-2H3,(H,26,29)(H,27,30). The van der Waals surface area contributed by atoms with Gasteiger partial charge in [0.1, 0.15) is 5.82 Å². The molecular formula is C23H27N5O2. The summed E-state index contributed by atoms with van der Waals surface area (Å²) in [7, 11) is 0. The van der Waals surface area contributed by atoms with Gasteiger partial charge in [-0.05, 0) is 49.1 Å². The predicted molar refractivity (Wildman–Crippen MR) is 116 cm³/mol. The zero-order chi connectivity index (χ0) is 21.5. The van der Waals surface area contributed by atoms with Crippen molar-refractivity contribution in [3.63, 3.8) is 0 Å². The van der Waals surface area contributed by atoms with E-state index < -0.39 is 0 Å². The van der Waals surface area contributed by atoms with Crippen molar-refractivity contribution in [1.29, 1.82) is 5.26 Å². The molecule has 3 rings (SSSR count). The molecule has 0 aliphatic carbocycles. The van der Waals surface area contributed by atoms with E-state index in [1.165, 1.54) is 0 Å². The summed E-state index contributed by atoms with van der Waals surface area (Å²) in [5, 5.41) is 14.8. The highest BCUT2D eigenvalue weighted by Crippen LogP contribution is 2.23. The summed E-state index contributed by atoms with van der Waals surface area (Å²) in [6.07, 6.45) is 3.44. The third-order valence-electron chi connectivity index (χ3n) is 5.06. The summed E-state index contributed by atoms with van der Waals surface area (Å²) in [6, 6.07) is 12.2. The van der Waals surface area contributed by atoms with E-state index in [4.69, 9.17) is 5.26 Å². The van der Waals surface area contributed by atoms with Crippen LogP contribution in [0.2, 0.25) is 0 Å². The maximum atomic E-state index is 12.4. The number of amides is 2. The molecule has 1 atom stereocenters. The number of piperidine rings is 1. The van der Waals surface area contributed by atoms with Gasteiger partial charge in [0.25, 0.3) is 5.91 Å². The highest BCUT2D eigenvalue weighted by atomic mass is 16.2. The minimum Gasteiger partial charge on any atom is -0.356 e. The van der Waals surface area contributed by atoms with Crippen LogP contribution in [-0.2, 0) is 4.79 Å². The van der Waals surface area contributed by atoms with Crippen molar-refractivity contribution in [2.24, 2.45) is 11.8 Å². The lowest BCUT2D eigenvalue weighted by Gasteiger charge is -2.33. The molecule has 1 saturated heterocycles. The second-order valence-corrected chi connectivity index (χ2v) is 7.98. The van der Waals surface area contributed by atoms with Crippen LogP contribution in [0.5, 0.6) is 0 Å². The zero-order valence-corrected chi connectivity index (χ0v) is 17.4. The first kappa shape index (κ1) is 21.3. The predicted octanol–water partition coefficient (Wildman–Crippen LogP) is 3.19. The second-order valence-electron chi connectivity index (χ2n) is 7.98. The van der Waals surface area contributed by atoms with Gasteiger partial charge in [0.15, 0.2) is 0 Å². The van der Waals surface area contributed by atoms with Crippen molar-refractivity contribution in [3.8, 4) is 6.07 Å². The number of benzene rings is 1. The van der Waals surface area contributed by atoms with Crippen molar-refractivity contribution in [2.45, 2.75) is 26.7 Å². The fraction of sp³-hybridized carbons (Fsp3) is 0.391. The Morgan fingerprint density at radius 2 is 2.13 bits per heavy atom. The number of hydrogen-bond donors (Lipinski definition) is 2. The van der Waals surface area contributed by atoms with Gasteiger partial charge in [-0.25, -0.2) is 4.98 Å². The van der Waals surface area contributed by atoms with Crippen LogP contribution < -0.4 is 15.5 Å². The van der Waals surface area contributed by atoms with Gasteiger partial charge in [0.2, 0.25) is 5.91 Å². The number of carbonyl (C=O) groups excluding carboxylic acids is 2. The Balaban J connectivity index is 1.60. The summed E-state index contributed by atoms with van der Waals surface area (Å²) in [6.45, 7) is 6.35. The Kier molecular flexibility index (Phi) is 7.02. The van der Waals surface area contributed by atoms with Crippen molar-refractivity contribution in [3.05, 3.63) is 53.7 Å². The first-order valence-electron chi connectivity index (χ1n) is 10.3. The van der Waals surface area contributed by atoms with Gasteiger partial charge < -0.3 is 15.5 Å². The molecule has 2 amide bonds. The summed E-state index contributed by atoms with van der Waals surface area (Å²) in [5.41, 5.74) is 1.44. The van der Waals surface area contributed by atoms with E-state index in [0.717, 1.165) is 25.2 Å². The lowest BCUT2D eigenvalue weighted by molar-refractivity contribution is -0.125. The minimum absolute atomic E-state index is 0.0360. The van der Waals surface area contributed by atoms with Gasteiger partial charge in [0, 0.05) is 25.2 Å². The first-order chi connectivity index (χ1) is 14.5. The van der Waals surface area contributed by atoms with Crippen LogP contribution in [0.3, 0.4) is 0 Å². The fourth-order valence-corrected chi connectivity index (χ4v) is 3.43. The molecule has 2 aromatic rings. The lowest BCUT2D eigenvalue weighted by Crippen LogP contribution is -2.44. The van der Waals surface area contributed by atoms with E-state index in [1.807, 2.05) is 12.1 Å². The number of carbonyl (C=O) groups is 2. The van der Waals surface area contributed by atoms with Crippen LogP contribution in [0.1, 0.15) is 42.6 Å². The van der Waals surface area contributed by atoms with Crippen molar-refractivity contribution >= 4 is 23.3 Å². The number of anilines is 2. The van der Waals surface area contributed by atoms with Crippen LogP contribution in [-0.4, -0.2) is 36.4 Å². The van der Waals surface area contributed by atoms with Gasteiger partial charge >= 0.3 is 0 Å². The van der Waals surface area contributed by atoms with Crippen LogP contribution in [0.15, 0.2) is 42.6 Å². The molecule has 7 heteroatoms. The second kappa shape index (κ2) is 9.88. The Morgan fingerprint density at radius 3 is 2.83 bits per heavy atom. The molecule has 1 fully saturated rings. The molecule has 1 unspecified atom stereocenters. The molecule has 2 heterocycles. The lowest BCUT2D eigenvalue weighted by atomic mass is 9.97. The van der Waals surface area contributed by atoms with Crippen molar-refractivity contribution in [2.75, 3.05) is 29.9 Å². The van der Waals surface area contributed by atoms with Gasteiger partial charge in [-0.1, -0.05) is 19.9 Å². The van der Waals surface area contributed by atoms with Crippen LogP contribution in [0.4, 0.5) is 11.5 Å². The van der Waals surface area contributed by atoms with E-state index in [1.54, 1.807) is 36.5 Å². The molecule has 0 spiro atoms. The van der Waals surface area contributed by atoms with Gasteiger partial charge in [-0.2, -0.15) is 5.26 Å². The molecule has 7 nitrogen and oxygen atoms in total.